The number of carbonyl (C=O) groups excluding carboxylic acids is 1. The Balaban J connectivity index is 1.95. The molecule has 0 aliphatic rings. The fourth-order valence-electron chi connectivity index (χ4n) is 1.83. The van der Waals surface area contributed by atoms with Crippen molar-refractivity contribution in [1.82, 2.24) is 15.2 Å². The van der Waals surface area contributed by atoms with Crippen LogP contribution in [0.25, 0.3) is 10.9 Å². The van der Waals surface area contributed by atoms with E-state index in [1.165, 1.54) is 11.3 Å². The predicted octanol–water partition coefficient (Wildman–Crippen LogP) is 2.23. The van der Waals surface area contributed by atoms with Crippen LogP contribution in [0.2, 0.25) is 0 Å². The molecule has 3 N–H and O–H groups in total. The molecule has 0 unspecified atom stereocenters. The lowest BCUT2D eigenvalue weighted by Crippen LogP contribution is -2.14. The molecule has 6 nitrogen and oxygen atoms in total. The van der Waals surface area contributed by atoms with Gasteiger partial charge < -0.3 is 5.73 Å². The van der Waals surface area contributed by atoms with E-state index >= 15 is 0 Å². The van der Waals surface area contributed by atoms with Gasteiger partial charge in [0.15, 0.2) is 0 Å². The lowest BCUT2D eigenvalue weighted by atomic mass is 10.1. The summed E-state index contributed by atoms with van der Waals surface area (Å²) < 4.78 is 0. The van der Waals surface area contributed by atoms with Crippen LogP contribution in [0.15, 0.2) is 30.3 Å². The molecular formula is C13H11N5OS. The zero-order valence-electron chi connectivity index (χ0n) is 10.6. The SMILES string of the molecule is Cc1nnc(NC(=O)c2cc(N)c3ccccc3n2)s1. The third-order valence-corrected chi connectivity index (χ3v) is 3.48. The second-order valence-corrected chi connectivity index (χ2v) is 5.38. The van der Waals surface area contributed by atoms with E-state index in [4.69, 9.17) is 5.73 Å². The number of nitrogens with two attached hydrogens (primary N) is 1. The van der Waals surface area contributed by atoms with Crippen molar-refractivity contribution in [3.63, 3.8) is 0 Å². The van der Waals surface area contributed by atoms with Crippen LogP contribution in [0, 0.1) is 6.92 Å². The van der Waals surface area contributed by atoms with E-state index in [1.807, 2.05) is 31.2 Å². The molecule has 7 heteroatoms. The zero-order valence-corrected chi connectivity index (χ0v) is 11.4. The van der Waals surface area contributed by atoms with E-state index in [0.717, 1.165) is 10.4 Å². The summed E-state index contributed by atoms with van der Waals surface area (Å²) in [5.41, 5.74) is 7.41. The van der Waals surface area contributed by atoms with Gasteiger partial charge >= 0.3 is 0 Å². The molecule has 0 bridgehead atoms. The molecule has 0 saturated carbocycles. The first-order chi connectivity index (χ1) is 9.63. The number of fused-ring (bicyclic) bond motifs is 1. The van der Waals surface area contributed by atoms with Crippen LogP contribution in [0.5, 0.6) is 0 Å². The van der Waals surface area contributed by atoms with Crippen LogP contribution in [-0.2, 0) is 0 Å². The molecule has 0 aliphatic heterocycles. The van der Waals surface area contributed by atoms with Crippen molar-refractivity contribution in [3.05, 3.63) is 41.0 Å². The molecule has 0 atom stereocenters. The molecule has 1 amide bonds. The molecule has 0 aliphatic carbocycles. The number of hydrogen-bond acceptors (Lipinski definition) is 6. The number of pyridine rings is 1. The second kappa shape index (κ2) is 4.86. The van der Waals surface area contributed by atoms with E-state index in [2.05, 4.69) is 20.5 Å². The van der Waals surface area contributed by atoms with E-state index in [1.54, 1.807) is 6.07 Å². The lowest BCUT2D eigenvalue weighted by molar-refractivity contribution is 0.102. The van der Waals surface area contributed by atoms with Gasteiger partial charge in [0.05, 0.1) is 5.52 Å². The van der Waals surface area contributed by atoms with Crippen molar-refractivity contribution in [3.8, 4) is 0 Å². The maximum Gasteiger partial charge on any atom is 0.276 e. The van der Waals surface area contributed by atoms with Gasteiger partial charge in [0.2, 0.25) is 5.13 Å². The topological polar surface area (TPSA) is 93.8 Å². The lowest BCUT2D eigenvalue weighted by Gasteiger charge is -2.05. The summed E-state index contributed by atoms with van der Waals surface area (Å²) in [6.07, 6.45) is 0. The number of anilines is 2. The fraction of sp³-hybridized carbons (Fsp3) is 0.0769. The summed E-state index contributed by atoms with van der Waals surface area (Å²) in [5, 5.41) is 12.4. The standard InChI is InChI=1S/C13H11N5OS/c1-7-17-18-13(20-7)16-12(19)11-6-9(14)8-4-2-3-5-10(8)15-11/h2-6H,1H3,(H2,14,15)(H,16,18,19). The molecule has 1 aromatic carbocycles. The predicted molar refractivity (Wildman–Crippen MR) is 78.8 cm³/mol. The quantitative estimate of drug-likeness (QED) is 0.753. The fourth-order valence-corrected chi connectivity index (χ4v) is 2.41. The van der Waals surface area contributed by atoms with Crippen LogP contribution in [0.1, 0.15) is 15.5 Å². The van der Waals surface area contributed by atoms with Crippen molar-refractivity contribution in [1.29, 1.82) is 0 Å². The Kier molecular flexibility index (Phi) is 3.03. The number of amides is 1. The summed E-state index contributed by atoms with van der Waals surface area (Å²) in [7, 11) is 0. The third kappa shape index (κ3) is 2.30. The Morgan fingerprint density at radius 3 is 2.85 bits per heavy atom. The average molecular weight is 285 g/mol. The summed E-state index contributed by atoms with van der Waals surface area (Å²) in [6.45, 7) is 1.82. The molecule has 3 rings (SSSR count). The highest BCUT2D eigenvalue weighted by molar-refractivity contribution is 7.15. The van der Waals surface area contributed by atoms with Gasteiger partial charge in [-0.05, 0) is 19.1 Å². The summed E-state index contributed by atoms with van der Waals surface area (Å²) >= 11 is 1.31. The minimum absolute atomic E-state index is 0.258. The van der Waals surface area contributed by atoms with Gasteiger partial charge in [0.25, 0.3) is 5.91 Å². The Morgan fingerprint density at radius 2 is 2.10 bits per heavy atom. The smallest absolute Gasteiger partial charge is 0.276 e. The molecule has 0 fully saturated rings. The highest BCUT2D eigenvalue weighted by Gasteiger charge is 2.12. The molecule has 2 heterocycles. The van der Waals surface area contributed by atoms with Gasteiger partial charge in [0, 0.05) is 11.1 Å². The van der Waals surface area contributed by atoms with Gasteiger partial charge in [0.1, 0.15) is 10.7 Å². The number of rotatable bonds is 2. The number of aromatic nitrogens is 3. The van der Waals surface area contributed by atoms with E-state index in [9.17, 15) is 4.79 Å². The summed E-state index contributed by atoms with van der Waals surface area (Å²) in [4.78, 5) is 16.4. The maximum absolute atomic E-state index is 12.1. The summed E-state index contributed by atoms with van der Waals surface area (Å²) in [6, 6.07) is 8.98. The third-order valence-electron chi connectivity index (χ3n) is 2.73. The number of aryl methyl sites for hydroxylation is 1. The molecule has 100 valence electrons. The number of para-hydroxylation sites is 1. The van der Waals surface area contributed by atoms with Crippen LogP contribution < -0.4 is 11.1 Å². The van der Waals surface area contributed by atoms with Gasteiger partial charge in [-0.15, -0.1) is 10.2 Å². The number of nitrogens with one attached hydrogen (secondary N) is 1. The molecule has 0 saturated heterocycles. The van der Waals surface area contributed by atoms with Crippen molar-refractivity contribution < 1.29 is 4.79 Å². The Labute approximate surface area is 118 Å². The van der Waals surface area contributed by atoms with E-state index in [-0.39, 0.29) is 11.6 Å². The Morgan fingerprint density at radius 1 is 1.30 bits per heavy atom. The minimum atomic E-state index is -0.349. The van der Waals surface area contributed by atoms with E-state index in [0.29, 0.717) is 16.3 Å². The number of carbonyl (C=O) groups is 1. The molecular weight excluding hydrogens is 274 g/mol. The minimum Gasteiger partial charge on any atom is -0.398 e. The van der Waals surface area contributed by atoms with Crippen LogP contribution in [0.4, 0.5) is 10.8 Å². The second-order valence-electron chi connectivity index (χ2n) is 4.19. The molecule has 3 aromatic rings. The van der Waals surface area contributed by atoms with Crippen LogP contribution >= 0.6 is 11.3 Å². The highest BCUT2D eigenvalue weighted by atomic mass is 32.1. The zero-order chi connectivity index (χ0) is 14.1. The monoisotopic (exact) mass is 285 g/mol. The maximum atomic E-state index is 12.1. The first-order valence-corrected chi connectivity index (χ1v) is 6.72. The van der Waals surface area contributed by atoms with Gasteiger partial charge in [-0.25, -0.2) is 4.98 Å². The van der Waals surface area contributed by atoms with Gasteiger partial charge in [-0.2, -0.15) is 0 Å². The average Bonchev–Trinajstić information content (AvgIpc) is 2.84. The van der Waals surface area contributed by atoms with Crippen molar-refractivity contribution in [2.45, 2.75) is 6.92 Å². The Hall–Kier alpha value is -2.54. The van der Waals surface area contributed by atoms with Crippen LogP contribution in [0.3, 0.4) is 0 Å². The molecule has 2 aromatic heterocycles. The number of hydrogen-bond donors (Lipinski definition) is 2. The van der Waals surface area contributed by atoms with Crippen molar-refractivity contribution in [2.24, 2.45) is 0 Å². The van der Waals surface area contributed by atoms with Crippen molar-refractivity contribution >= 4 is 39.0 Å². The molecule has 0 radical (unpaired) electrons. The Bertz CT molecular complexity index is 798. The normalized spacial score (nSPS) is 10.7. The van der Waals surface area contributed by atoms with Crippen molar-refractivity contribution in [2.75, 3.05) is 11.1 Å². The molecule has 0 spiro atoms. The van der Waals surface area contributed by atoms with E-state index < -0.39 is 0 Å². The summed E-state index contributed by atoms with van der Waals surface area (Å²) in [5.74, 6) is -0.349. The number of benzene rings is 1. The van der Waals surface area contributed by atoms with Crippen LogP contribution in [-0.4, -0.2) is 21.1 Å². The number of nitrogen functional groups attached to an aromatic ring is 1. The van der Waals surface area contributed by atoms with Gasteiger partial charge in [-0.3, -0.25) is 10.1 Å². The first-order valence-electron chi connectivity index (χ1n) is 5.90. The first kappa shape index (κ1) is 12.5. The molecule has 20 heavy (non-hydrogen) atoms. The van der Waals surface area contributed by atoms with Gasteiger partial charge in [-0.1, -0.05) is 29.5 Å². The highest BCUT2D eigenvalue weighted by Crippen LogP contribution is 2.21. The largest absolute Gasteiger partial charge is 0.398 e. The number of nitrogens with zero attached hydrogens (tertiary/aromatic N) is 3.